The molecular formula is C19H21N7O. The fourth-order valence-corrected chi connectivity index (χ4v) is 4.13. The maximum atomic E-state index is 12.7. The standard InChI is InChI=1S/C19H21N7O/c1-11(2)15-8-16(21-20-15)19(27)25-9-13-14(10-25)17(13)18-22-23-24-26(18)12-6-4-3-5-7-12/h3-8,11,13-14,17H,9-10H2,1-2H3,(H,20,21)/t13-,14+,17?. The first-order chi connectivity index (χ1) is 13.1. The summed E-state index contributed by atoms with van der Waals surface area (Å²) in [7, 11) is 0. The van der Waals surface area contributed by atoms with Gasteiger partial charge in [-0.25, -0.2) is 0 Å². The van der Waals surface area contributed by atoms with Crippen molar-refractivity contribution in [1.82, 2.24) is 35.3 Å². The van der Waals surface area contributed by atoms with Crippen molar-refractivity contribution in [3.05, 3.63) is 53.6 Å². The molecule has 2 fully saturated rings. The van der Waals surface area contributed by atoms with Gasteiger partial charge in [-0.1, -0.05) is 32.0 Å². The van der Waals surface area contributed by atoms with Crippen LogP contribution in [0.1, 0.15) is 47.7 Å². The van der Waals surface area contributed by atoms with E-state index in [1.807, 2.05) is 46.0 Å². The highest BCUT2D eigenvalue weighted by Crippen LogP contribution is 2.57. The number of hydrogen-bond acceptors (Lipinski definition) is 5. The molecule has 1 N–H and O–H groups in total. The average molecular weight is 363 g/mol. The van der Waals surface area contributed by atoms with Gasteiger partial charge < -0.3 is 4.90 Å². The number of carbonyl (C=O) groups is 1. The molecule has 1 unspecified atom stereocenters. The number of nitrogens with zero attached hydrogens (tertiary/aromatic N) is 6. The van der Waals surface area contributed by atoms with Crippen molar-refractivity contribution in [3.8, 4) is 5.69 Å². The number of fused-ring (bicyclic) bond motifs is 1. The van der Waals surface area contributed by atoms with Gasteiger partial charge in [0.1, 0.15) is 5.69 Å². The average Bonchev–Trinajstić information content (AvgIpc) is 3.21. The highest BCUT2D eigenvalue weighted by atomic mass is 16.2. The number of aromatic nitrogens is 6. The van der Waals surface area contributed by atoms with Gasteiger partial charge in [0.15, 0.2) is 5.82 Å². The van der Waals surface area contributed by atoms with Crippen LogP contribution in [-0.4, -0.2) is 54.3 Å². The third kappa shape index (κ3) is 2.63. The third-order valence-corrected chi connectivity index (χ3v) is 5.71. The first-order valence-electron chi connectivity index (χ1n) is 9.31. The Morgan fingerprint density at radius 1 is 1.19 bits per heavy atom. The Morgan fingerprint density at radius 2 is 1.93 bits per heavy atom. The first-order valence-corrected chi connectivity index (χ1v) is 9.31. The summed E-state index contributed by atoms with van der Waals surface area (Å²) in [4.78, 5) is 14.6. The van der Waals surface area contributed by atoms with Crippen molar-refractivity contribution in [2.75, 3.05) is 13.1 Å². The number of nitrogens with one attached hydrogen (secondary N) is 1. The smallest absolute Gasteiger partial charge is 0.274 e. The van der Waals surface area contributed by atoms with Gasteiger partial charge in [-0.2, -0.15) is 9.78 Å². The molecule has 1 aromatic carbocycles. The summed E-state index contributed by atoms with van der Waals surface area (Å²) in [6, 6.07) is 11.8. The summed E-state index contributed by atoms with van der Waals surface area (Å²) < 4.78 is 1.82. The molecular weight excluding hydrogens is 342 g/mol. The molecule has 1 saturated carbocycles. The lowest BCUT2D eigenvalue weighted by molar-refractivity contribution is 0.0766. The van der Waals surface area contributed by atoms with Crippen molar-refractivity contribution in [1.29, 1.82) is 0 Å². The third-order valence-electron chi connectivity index (χ3n) is 5.71. The van der Waals surface area contributed by atoms with E-state index in [1.54, 1.807) is 0 Å². The van der Waals surface area contributed by atoms with Gasteiger partial charge in [-0.05, 0) is 46.4 Å². The van der Waals surface area contributed by atoms with E-state index in [1.165, 1.54) is 0 Å². The molecule has 1 aliphatic carbocycles. The lowest BCUT2D eigenvalue weighted by atomic mass is 10.1. The Hall–Kier alpha value is -3.03. The van der Waals surface area contributed by atoms with Crippen LogP contribution in [0.2, 0.25) is 0 Å². The van der Waals surface area contributed by atoms with E-state index in [4.69, 9.17) is 0 Å². The Bertz CT molecular complexity index is 965. The van der Waals surface area contributed by atoms with Gasteiger partial charge in [0, 0.05) is 24.7 Å². The summed E-state index contributed by atoms with van der Waals surface area (Å²) in [5.74, 6) is 2.38. The largest absolute Gasteiger partial charge is 0.337 e. The highest BCUT2D eigenvalue weighted by Gasteiger charge is 2.59. The molecule has 0 spiro atoms. The van der Waals surface area contributed by atoms with Gasteiger partial charge in [-0.3, -0.25) is 9.89 Å². The molecule has 1 aliphatic heterocycles. The molecule has 1 amide bonds. The van der Waals surface area contributed by atoms with Crippen molar-refractivity contribution in [2.45, 2.75) is 25.7 Å². The van der Waals surface area contributed by atoms with Crippen LogP contribution in [0, 0.1) is 11.8 Å². The van der Waals surface area contributed by atoms with Crippen LogP contribution in [0.5, 0.6) is 0 Å². The molecule has 0 radical (unpaired) electrons. The number of aromatic amines is 1. The zero-order valence-electron chi connectivity index (χ0n) is 15.3. The normalized spacial score (nSPS) is 23.7. The Kier molecular flexibility index (Phi) is 3.60. The summed E-state index contributed by atoms with van der Waals surface area (Å²) >= 11 is 0. The monoisotopic (exact) mass is 363 g/mol. The van der Waals surface area contributed by atoms with Gasteiger partial charge >= 0.3 is 0 Å². The van der Waals surface area contributed by atoms with Crippen LogP contribution in [0.4, 0.5) is 0 Å². The van der Waals surface area contributed by atoms with E-state index in [-0.39, 0.29) is 5.91 Å². The zero-order chi connectivity index (χ0) is 18.5. The molecule has 2 aromatic heterocycles. The van der Waals surface area contributed by atoms with E-state index >= 15 is 0 Å². The minimum Gasteiger partial charge on any atom is -0.337 e. The van der Waals surface area contributed by atoms with Crippen LogP contribution in [0.25, 0.3) is 5.69 Å². The van der Waals surface area contributed by atoms with Crippen molar-refractivity contribution in [2.24, 2.45) is 11.8 Å². The number of rotatable bonds is 4. The van der Waals surface area contributed by atoms with Gasteiger partial charge in [-0.15, -0.1) is 5.10 Å². The molecule has 3 aromatic rings. The fourth-order valence-electron chi connectivity index (χ4n) is 4.13. The summed E-state index contributed by atoms with van der Waals surface area (Å²) in [5.41, 5.74) is 2.46. The van der Waals surface area contributed by atoms with Crippen LogP contribution in [0.3, 0.4) is 0 Å². The molecule has 5 rings (SSSR count). The minimum atomic E-state index is 0.00625. The molecule has 2 aliphatic rings. The molecule has 8 nitrogen and oxygen atoms in total. The minimum absolute atomic E-state index is 0.00625. The zero-order valence-corrected chi connectivity index (χ0v) is 15.3. The highest BCUT2D eigenvalue weighted by molar-refractivity contribution is 5.92. The first kappa shape index (κ1) is 16.2. The number of para-hydroxylation sites is 1. The van der Waals surface area contributed by atoms with Crippen molar-refractivity contribution >= 4 is 5.91 Å². The van der Waals surface area contributed by atoms with E-state index < -0.39 is 0 Å². The van der Waals surface area contributed by atoms with Crippen molar-refractivity contribution < 1.29 is 4.79 Å². The number of piperidine rings is 1. The van der Waals surface area contributed by atoms with Crippen LogP contribution >= 0.6 is 0 Å². The maximum absolute atomic E-state index is 12.7. The second-order valence-corrected chi connectivity index (χ2v) is 7.71. The predicted molar refractivity (Wildman–Crippen MR) is 97.5 cm³/mol. The molecule has 27 heavy (non-hydrogen) atoms. The Labute approximate surface area is 156 Å². The number of carbonyl (C=O) groups excluding carboxylic acids is 1. The van der Waals surface area contributed by atoms with Crippen molar-refractivity contribution in [3.63, 3.8) is 0 Å². The Balaban J connectivity index is 1.29. The summed E-state index contributed by atoms with van der Waals surface area (Å²) in [6.07, 6.45) is 0. The van der Waals surface area contributed by atoms with Gasteiger partial charge in [0.2, 0.25) is 0 Å². The predicted octanol–water partition coefficient (Wildman–Crippen LogP) is 1.99. The Morgan fingerprint density at radius 3 is 2.59 bits per heavy atom. The quantitative estimate of drug-likeness (QED) is 0.765. The van der Waals surface area contributed by atoms with E-state index in [0.29, 0.717) is 29.4 Å². The molecule has 138 valence electrons. The fraction of sp³-hybridized carbons (Fsp3) is 0.421. The number of H-pyrrole nitrogens is 1. The lowest BCUT2D eigenvalue weighted by Gasteiger charge is -2.18. The number of likely N-dealkylation sites (tertiary alicyclic amines) is 1. The molecule has 8 heteroatoms. The number of hydrogen-bond donors (Lipinski definition) is 1. The number of benzene rings is 1. The summed E-state index contributed by atoms with van der Waals surface area (Å²) in [5, 5.41) is 19.5. The second-order valence-electron chi connectivity index (χ2n) is 7.71. The SMILES string of the molecule is CC(C)c1cc(C(=O)N2C[C@@H]3C(c4nnnn4-c4ccccc4)[C@@H]3C2)n[nH]1. The van der Waals surface area contributed by atoms with Crippen LogP contribution in [-0.2, 0) is 0 Å². The van der Waals surface area contributed by atoms with E-state index in [2.05, 4.69) is 39.6 Å². The van der Waals surface area contributed by atoms with Gasteiger partial charge in [0.25, 0.3) is 5.91 Å². The molecule has 1 saturated heterocycles. The molecule has 3 atom stereocenters. The lowest BCUT2D eigenvalue weighted by Crippen LogP contribution is -2.31. The van der Waals surface area contributed by atoms with E-state index in [0.717, 1.165) is 30.3 Å². The summed E-state index contributed by atoms with van der Waals surface area (Å²) in [6.45, 7) is 5.63. The number of tetrazole rings is 1. The molecule has 3 heterocycles. The topological polar surface area (TPSA) is 92.6 Å². The van der Waals surface area contributed by atoms with E-state index in [9.17, 15) is 4.79 Å². The number of amides is 1. The maximum Gasteiger partial charge on any atom is 0.274 e. The van der Waals surface area contributed by atoms with Gasteiger partial charge in [0.05, 0.1) is 5.69 Å². The van der Waals surface area contributed by atoms with Crippen LogP contribution < -0.4 is 0 Å². The van der Waals surface area contributed by atoms with Crippen LogP contribution in [0.15, 0.2) is 36.4 Å². The molecule has 0 bridgehead atoms. The second kappa shape index (κ2) is 6.00.